The van der Waals surface area contributed by atoms with Crippen molar-refractivity contribution >= 4 is 17.8 Å². The minimum atomic E-state index is -0.497. The van der Waals surface area contributed by atoms with Crippen LogP contribution in [0.4, 0.5) is 0 Å². The maximum atomic E-state index is 12.7. The minimum Gasteiger partial charge on any atom is -0.497 e. The van der Waals surface area contributed by atoms with Gasteiger partial charge in [-0.25, -0.2) is 4.79 Å². The van der Waals surface area contributed by atoms with Gasteiger partial charge in [-0.2, -0.15) is 0 Å². The van der Waals surface area contributed by atoms with Crippen LogP contribution in [0.1, 0.15) is 21.5 Å². The van der Waals surface area contributed by atoms with E-state index in [4.69, 9.17) is 23.7 Å². The van der Waals surface area contributed by atoms with E-state index in [1.54, 1.807) is 49.6 Å². The molecule has 0 fully saturated rings. The molecule has 0 aromatic heterocycles. The van der Waals surface area contributed by atoms with E-state index in [2.05, 4.69) is 0 Å². The predicted octanol–water partition coefficient (Wildman–Crippen LogP) is 4.44. The van der Waals surface area contributed by atoms with Crippen LogP contribution in [0.2, 0.25) is 0 Å². The van der Waals surface area contributed by atoms with E-state index in [0.29, 0.717) is 34.1 Å². The van der Waals surface area contributed by atoms with Crippen molar-refractivity contribution in [3.05, 3.63) is 89.2 Å². The number of hydrogen-bond acceptors (Lipinski definition) is 7. The van der Waals surface area contributed by atoms with Crippen LogP contribution in [-0.2, 0) is 16.1 Å². The lowest BCUT2D eigenvalue weighted by Gasteiger charge is -2.08. The third-order valence-corrected chi connectivity index (χ3v) is 4.97. The highest BCUT2D eigenvalue weighted by Gasteiger charge is 2.28. The third-order valence-electron chi connectivity index (χ3n) is 4.97. The summed E-state index contributed by atoms with van der Waals surface area (Å²) in [4.78, 5) is 24.7. The summed E-state index contributed by atoms with van der Waals surface area (Å²) in [5, 5.41) is 0. The van der Waals surface area contributed by atoms with Gasteiger partial charge in [-0.3, -0.25) is 4.79 Å². The summed E-state index contributed by atoms with van der Waals surface area (Å²) in [7, 11) is 3.10. The molecule has 0 unspecified atom stereocenters. The number of carbonyl (C=O) groups excluding carboxylic acids is 2. The molecule has 168 valence electrons. The molecule has 33 heavy (non-hydrogen) atoms. The molecule has 7 nitrogen and oxygen atoms in total. The van der Waals surface area contributed by atoms with Crippen LogP contribution in [0.15, 0.2) is 72.5 Å². The number of ketones is 1. The van der Waals surface area contributed by atoms with Crippen LogP contribution in [0.3, 0.4) is 0 Å². The van der Waals surface area contributed by atoms with Crippen molar-refractivity contribution in [2.24, 2.45) is 0 Å². The number of methoxy groups -OCH3 is 2. The molecule has 0 aliphatic carbocycles. The van der Waals surface area contributed by atoms with Gasteiger partial charge in [-0.15, -0.1) is 0 Å². The van der Waals surface area contributed by atoms with Crippen LogP contribution in [0, 0.1) is 0 Å². The molecule has 0 saturated carbocycles. The normalized spacial score (nSPS) is 13.3. The summed E-state index contributed by atoms with van der Waals surface area (Å²) in [6.07, 6.45) is 1.61. The van der Waals surface area contributed by atoms with Crippen LogP contribution in [0.5, 0.6) is 23.0 Å². The fourth-order valence-corrected chi connectivity index (χ4v) is 3.26. The number of benzene rings is 3. The van der Waals surface area contributed by atoms with E-state index in [1.807, 2.05) is 30.3 Å². The highest BCUT2D eigenvalue weighted by molar-refractivity contribution is 6.14. The summed E-state index contributed by atoms with van der Waals surface area (Å²) in [6.45, 7) is -0.0842. The van der Waals surface area contributed by atoms with Crippen LogP contribution in [-0.4, -0.2) is 32.6 Å². The number of fused-ring (bicyclic) bond motifs is 1. The number of allylic oxidation sites excluding steroid dienone is 1. The Morgan fingerprint density at radius 2 is 1.73 bits per heavy atom. The molecule has 0 saturated heterocycles. The lowest BCUT2D eigenvalue weighted by Crippen LogP contribution is -2.14. The van der Waals surface area contributed by atoms with Crippen molar-refractivity contribution < 1.29 is 33.3 Å². The number of carbonyl (C=O) groups is 2. The molecular formula is C26H22O7. The van der Waals surface area contributed by atoms with Crippen molar-refractivity contribution in [1.82, 2.24) is 0 Å². The van der Waals surface area contributed by atoms with Crippen molar-refractivity contribution in [2.75, 3.05) is 20.8 Å². The Morgan fingerprint density at radius 3 is 2.48 bits per heavy atom. The van der Waals surface area contributed by atoms with Gasteiger partial charge in [-0.1, -0.05) is 30.3 Å². The monoisotopic (exact) mass is 446 g/mol. The second-order valence-corrected chi connectivity index (χ2v) is 7.14. The predicted molar refractivity (Wildman–Crippen MR) is 121 cm³/mol. The maximum absolute atomic E-state index is 12.7. The van der Waals surface area contributed by atoms with E-state index >= 15 is 0 Å². The second kappa shape index (κ2) is 9.91. The highest BCUT2D eigenvalue weighted by Crippen LogP contribution is 2.36. The molecule has 1 aliphatic rings. The van der Waals surface area contributed by atoms with Gasteiger partial charge >= 0.3 is 5.97 Å². The summed E-state index contributed by atoms with van der Waals surface area (Å²) in [5.74, 6) is 1.34. The number of rotatable bonds is 8. The molecule has 1 heterocycles. The zero-order chi connectivity index (χ0) is 23.2. The fraction of sp³-hybridized carbons (Fsp3) is 0.154. The van der Waals surface area contributed by atoms with Crippen LogP contribution < -0.4 is 18.9 Å². The number of hydrogen-bond donors (Lipinski definition) is 0. The zero-order valence-electron chi connectivity index (χ0n) is 18.2. The van der Waals surface area contributed by atoms with Crippen molar-refractivity contribution in [3.8, 4) is 23.0 Å². The van der Waals surface area contributed by atoms with Gasteiger partial charge in [-0.05, 0) is 35.9 Å². The first kappa shape index (κ1) is 22.0. The number of Topliss-reactive ketones (excluding diaryl/α,β-unsaturated/α-hetero) is 1. The Labute approximate surface area is 191 Å². The van der Waals surface area contributed by atoms with E-state index in [9.17, 15) is 9.59 Å². The first-order valence-corrected chi connectivity index (χ1v) is 10.2. The van der Waals surface area contributed by atoms with Gasteiger partial charge < -0.3 is 23.7 Å². The SMILES string of the molecule is COc1ccc(C=C2Oc3cc(OCC(=O)OCc4ccccc4)ccc3C2=O)c(OC)c1. The van der Waals surface area contributed by atoms with Crippen molar-refractivity contribution in [3.63, 3.8) is 0 Å². The first-order valence-electron chi connectivity index (χ1n) is 10.2. The molecule has 0 radical (unpaired) electrons. The average Bonchev–Trinajstić information content (AvgIpc) is 3.16. The molecule has 1 aliphatic heterocycles. The lowest BCUT2D eigenvalue weighted by molar-refractivity contribution is -0.147. The Bertz CT molecular complexity index is 1200. The summed E-state index contributed by atoms with van der Waals surface area (Å²) in [5.41, 5.74) is 1.97. The first-order chi connectivity index (χ1) is 16.1. The zero-order valence-corrected chi connectivity index (χ0v) is 18.2. The number of ether oxygens (including phenoxy) is 5. The molecule has 0 amide bonds. The van der Waals surface area contributed by atoms with E-state index in [0.717, 1.165) is 5.56 Å². The molecule has 7 heteroatoms. The Balaban J connectivity index is 1.40. The van der Waals surface area contributed by atoms with Crippen LogP contribution in [0.25, 0.3) is 6.08 Å². The topological polar surface area (TPSA) is 80.3 Å². The third kappa shape index (κ3) is 5.15. The van der Waals surface area contributed by atoms with Gasteiger partial charge in [0, 0.05) is 17.7 Å². The van der Waals surface area contributed by atoms with E-state index in [1.165, 1.54) is 7.11 Å². The van der Waals surface area contributed by atoms with Gasteiger partial charge in [0.15, 0.2) is 12.4 Å². The van der Waals surface area contributed by atoms with E-state index in [-0.39, 0.29) is 24.8 Å². The molecule has 0 atom stereocenters. The highest BCUT2D eigenvalue weighted by atomic mass is 16.6. The molecule has 0 N–H and O–H groups in total. The lowest BCUT2D eigenvalue weighted by atomic mass is 10.1. The Kier molecular flexibility index (Phi) is 6.59. The summed E-state index contributed by atoms with van der Waals surface area (Å²) >= 11 is 0. The molecule has 3 aromatic carbocycles. The standard InChI is InChI=1S/C26H22O7/c1-29-19-9-8-18(22(13-19)30-2)12-24-26(28)21-11-10-20(14-23(21)33-24)31-16-25(27)32-15-17-6-4-3-5-7-17/h3-14H,15-16H2,1-2H3. The van der Waals surface area contributed by atoms with Crippen LogP contribution >= 0.6 is 0 Å². The van der Waals surface area contributed by atoms with Crippen molar-refractivity contribution in [2.45, 2.75) is 6.61 Å². The fourth-order valence-electron chi connectivity index (χ4n) is 3.26. The largest absolute Gasteiger partial charge is 0.497 e. The van der Waals surface area contributed by atoms with Gasteiger partial charge in [0.2, 0.25) is 5.78 Å². The average molecular weight is 446 g/mol. The van der Waals surface area contributed by atoms with Crippen molar-refractivity contribution in [1.29, 1.82) is 0 Å². The quantitative estimate of drug-likeness (QED) is 0.374. The van der Waals surface area contributed by atoms with Gasteiger partial charge in [0.05, 0.1) is 19.8 Å². The Morgan fingerprint density at radius 1 is 0.939 bits per heavy atom. The van der Waals surface area contributed by atoms with Gasteiger partial charge in [0.25, 0.3) is 0 Å². The number of esters is 1. The molecular weight excluding hydrogens is 424 g/mol. The minimum absolute atomic E-state index is 0.160. The molecule has 3 aromatic rings. The maximum Gasteiger partial charge on any atom is 0.344 e. The van der Waals surface area contributed by atoms with Gasteiger partial charge in [0.1, 0.15) is 29.6 Å². The Hall–Kier alpha value is -4.26. The molecule has 0 spiro atoms. The summed E-state index contributed by atoms with van der Waals surface area (Å²) < 4.78 is 27.1. The molecule has 0 bridgehead atoms. The second-order valence-electron chi connectivity index (χ2n) is 7.14. The smallest absolute Gasteiger partial charge is 0.344 e. The summed E-state index contributed by atoms with van der Waals surface area (Å²) in [6, 6.07) is 19.4. The van der Waals surface area contributed by atoms with E-state index < -0.39 is 5.97 Å². The molecule has 4 rings (SSSR count).